The van der Waals surface area contributed by atoms with Gasteiger partial charge in [-0.25, -0.2) is 13.6 Å². The zero-order chi connectivity index (χ0) is 20.7. The number of carboxylic acid groups (broad SMARTS) is 1. The summed E-state index contributed by atoms with van der Waals surface area (Å²) in [6.07, 6.45) is 0.637. The Morgan fingerprint density at radius 1 is 1.14 bits per heavy atom. The maximum atomic E-state index is 14.0. The van der Waals surface area contributed by atoms with E-state index < -0.39 is 35.7 Å². The fraction of sp³-hybridized carbons (Fsp3) is 0.333. The molecule has 150 valence electrons. The second-order valence-corrected chi connectivity index (χ2v) is 6.72. The fourth-order valence-electron chi connectivity index (χ4n) is 2.92. The van der Waals surface area contributed by atoms with E-state index in [0.717, 1.165) is 23.8 Å². The van der Waals surface area contributed by atoms with Crippen LogP contribution in [-0.4, -0.2) is 35.1 Å². The predicted molar refractivity (Wildman–Crippen MR) is 102 cm³/mol. The lowest BCUT2D eigenvalue weighted by molar-refractivity contribution is -0.137. The van der Waals surface area contributed by atoms with Crippen molar-refractivity contribution in [1.82, 2.24) is 10.2 Å². The van der Waals surface area contributed by atoms with Gasteiger partial charge in [-0.05, 0) is 43.5 Å². The minimum atomic E-state index is -0.948. The molecule has 0 spiro atoms. The number of hydrogen-bond donors (Lipinski definition) is 2. The number of carbonyl (C=O) groups is 2. The first-order valence-corrected chi connectivity index (χ1v) is 9.02. The lowest BCUT2D eigenvalue weighted by atomic mass is 10.0. The highest BCUT2D eigenvalue weighted by atomic mass is 19.1. The first kappa shape index (κ1) is 21.3. The van der Waals surface area contributed by atoms with Gasteiger partial charge in [-0.2, -0.15) is 0 Å². The summed E-state index contributed by atoms with van der Waals surface area (Å²) >= 11 is 0. The van der Waals surface area contributed by atoms with Gasteiger partial charge in [0.1, 0.15) is 11.6 Å². The number of rotatable bonds is 8. The Balaban J connectivity index is 2.09. The Morgan fingerprint density at radius 2 is 1.82 bits per heavy atom. The third kappa shape index (κ3) is 6.04. The highest BCUT2D eigenvalue weighted by Crippen LogP contribution is 2.23. The number of nitrogens with zero attached hydrogens (tertiary/aromatic N) is 1. The largest absolute Gasteiger partial charge is 0.481 e. The van der Waals surface area contributed by atoms with Gasteiger partial charge in [-0.1, -0.05) is 30.3 Å². The number of nitrogens with one attached hydrogen (secondary N) is 1. The summed E-state index contributed by atoms with van der Waals surface area (Å²) in [5, 5.41) is 11.8. The van der Waals surface area contributed by atoms with E-state index in [0.29, 0.717) is 6.42 Å². The highest BCUT2D eigenvalue weighted by molar-refractivity contribution is 5.75. The van der Waals surface area contributed by atoms with Crippen molar-refractivity contribution in [3.63, 3.8) is 0 Å². The molecule has 2 atom stereocenters. The molecule has 0 saturated carbocycles. The van der Waals surface area contributed by atoms with Crippen LogP contribution in [0.25, 0.3) is 0 Å². The number of carbonyl (C=O) groups excluding carboxylic acids is 1. The summed E-state index contributed by atoms with van der Waals surface area (Å²) in [6.45, 7) is 1.60. The van der Waals surface area contributed by atoms with Crippen LogP contribution in [0.3, 0.4) is 0 Å². The van der Waals surface area contributed by atoms with Gasteiger partial charge in [-0.3, -0.25) is 4.79 Å². The second-order valence-electron chi connectivity index (χ2n) is 6.72. The predicted octanol–water partition coefficient (Wildman–Crippen LogP) is 4.14. The van der Waals surface area contributed by atoms with E-state index in [4.69, 9.17) is 5.11 Å². The number of carboxylic acids is 1. The molecular formula is C21H24F2N2O3. The van der Waals surface area contributed by atoms with Gasteiger partial charge in [-0.15, -0.1) is 0 Å². The average molecular weight is 390 g/mol. The van der Waals surface area contributed by atoms with E-state index in [1.54, 1.807) is 6.92 Å². The molecule has 5 nitrogen and oxygen atoms in total. The number of urea groups is 1. The Kier molecular flexibility index (Phi) is 7.49. The standard InChI is InChI=1S/C21H24F2N2O3/c1-14(18-13-16(22)8-10-19(18)23)25(2)21(28)24-17(9-11-20(26)27)12-15-6-4-3-5-7-15/h3-8,10,13-14,17H,9,11-12H2,1-2H3,(H,24,28)(H,26,27). The molecule has 2 aromatic carbocycles. The summed E-state index contributed by atoms with van der Waals surface area (Å²) < 4.78 is 27.5. The molecule has 2 aromatic rings. The van der Waals surface area contributed by atoms with E-state index >= 15 is 0 Å². The minimum absolute atomic E-state index is 0.0720. The van der Waals surface area contributed by atoms with Gasteiger partial charge in [0.15, 0.2) is 0 Å². The summed E-state index contributed by atoms with van der Waals surface area (Å²) in [5.74, 6) is -2.13. The summed E-state index contributed by atoms with van der Waals surface area (Å²) in [5.41, 5.74) is 1.04. The molecule has 0 aromatic heterocycles. The first-order chi connectivity index (χ1) is 13.3. The van der Waals surface area contributed by atoms with Crippen LogP contribution in [0.4, 0.5) is 13.6 Å². The SMILES string of the molecule is CC(c1cc(F)ccc1F)N(C)C(=O)NC(CCC(=O)O)Cc1ccccc1. The molecule has 0 saturated heterocycles. The Bertz CT molecular complexity index is 815. The van der Waals surface area contributed by atoms with Crippen LogP contribution in [-0.2, 0) is 11.2 Å². The molecule has 0 bridgehead atoms. The van der Waals surface area contributed by atoms with Crippen LogP contribution in [0.1, 0.15) is 36.9 Å². The van der Waals surface area contributed by atoms with E-state index in [9.17, 15) is 18.4 Å². The maximum absolute atomic E-state index is 14.0. The van der Waals surface area contributed by atoms with Crippen molar-refractivity contribution < 1.29 is 23.5 Å². The molecule has 2 amide bonds. The van der Waals surface area contributed by atoms with Crippen LogP contribution in [0, 0.1) is 11.6 Å². The monoisotopic (exact) mass is 390 g/mol. The van der Waals surface area contributed by atoms with Crippen LogP contribution in [0.5, 0.6) is 0 Å². The quantitative estimate of drug-likeness (QED) is 0.712. The molecule has 0 aliphatic rings. The molecule has 0 aliphatic heterocycles. The molecule has 0 heterocycles. The van der Waals surface area contributed by atoms with E-state index in [1.807, 2.05) is 30.3 Å². The van der Waals surface area contributed by atoms with Crippen molar-refractivity contribution in [1.29, 1.82) is 0 Å². The molecular weight excluding hydrogens is 366 g/mol. The van der Waals surface area contributed by atoms with Crippen LogP contribution in [0.15, 0.2) is 48.5 Å². The van der Waals surface area contributed by atoms with Crippen molar-refractivity contribution >= 4 is 12.0 Å². The average Bonchev–Trinajstić information content (AvgIpc) is 2.67. The van der Waals surface area contributed by atoms with Crippen molar-refractivity contribution in [2.75, 3.05) is 7.05 Å². The van der Waals surface area contributed by atoms with Crippen molar-refractivity contribution in [3.05, 3.63) is 71.3 Å². The van der Waals surface area contributed by atoms with Crippen LogP contribution in [0.2, 0.25) is 0 Å². The van der Waals surface area contributed by atoms with Gasteiger partial charge in [0.05, 0.1) is 6.04 Å². The second kappa shape index (κ2) is 9.82. The molecule has 2 N–H and O–H groups in total. The maximum Gasteiger partial charge on any atom is 0.317 e. The number of hydrogen-bond acceptors (Lipinski definition) is 2. The topological polar surface area (TPSA) is 69.6 Å². The normalized spacial score (nSPS) is 12.9. The van der Waals surface area contributed by atoms with Gasteiger partial charge >= 0.3 is 12.0 Å². The lowest BCUT2D eigenvalue weighted by Gasteiger charge is -2.28. The number of benzene rings is 2. The minimum Gasteiger partial charge on any atom is -0.481 e. The van der Waals surface area contributed by atoms with E-state index in [1.165, 1.54) is 11.9 Å². The molecule has 2 unspecified atom stereocenters. The van der Waals surface area contributed by atoms with Gasteiger partial charge < -0.3 is 15.3 Å². The van der Waals surface area contributed by atoms with Crippen molar-refractivity contribution in [2.45, 2.75) is 38.3 Å². The van der Waals surface area contributed by atoms with Crippen molar-refractivity contribution in [3.8, 4) is 0 Å². The lowest BCUT2D eigenvalue weighted by Crippen LogP contribution is -2.45. The Labute approximate surface area is 163 Å². The molecule has 7 heteroatoms. The number of amides is 2. The fourth-order valence-corrected chi connectivity index (χ4v) is 2.92. The first-order valence-electron chi connectivity index (χ1n) is 9.02. The summed E-state index contributed by atoms with van der Waals surface area (Å²) in [6, 6.07) is 10.9. The Morgan fingerprint density at radius 3 is 2.46 bits per heavy atom. The third-order valence-corrected chi connectivity index (χ3v) is 4.67. The van der Waals surface area contributed by atoms with E-state index in [-0.39, 0.29) is 18.4 Å². The summed E-state index contributed by atoms with van der Waals surface area (Å²) in [4.78, 5) is 24.9. The molecule has 0 aliphatic carbocycles. The van der Waals surface area contributed by atoms with E-state index in [2.05, 4.69) is 5.32 Å². The zero-order valence-electron chi connectivity index (χ0n) is 15.9. The molecule has 0 radical (unpaired) electrons. The van der Waals surface area contributed by atoms with Gasteiger partial charge in [0.25, 0.3) is 0 Å². The smallest absolute Gasteiger partial charge is 0.317 e. The molecule has 0 fully saturated rings. The molecule has 28 heavy (non-hydrogen) atoms. The van der Waals surface area contributed by atoms with Crippen LogP contribution < -0.4 is 5.32 Å². The number of aliphatic carboxylic acids is 1. The molecule has 2 rings (SSSR count). The van der Waals surface area contributed by atoms with Crippen molar-refractivity contribution in [2.24, 2.45) is 0 Å². The number of halogens is 2. The zero-order valence-corrected chi connectivity index (χ0v) is 15.9. The summed E-state index contributed by atoms with van der Waals surface area (Å²) in [7, 11) is 1.49. The van der Waals surface area contributed by atoms with Crippen LogP contribution >= 0.6 is 0 Å². The van der Waals surface area contributed by atoms with Gasteiger partial charge in [0.2, 0.25) is 0 Å². The highest BCUT2D eigenvalue weighted by Gasteiger charge is 2.23. The van der Waals surface area contributed by atoms with Gasteiger partial charge in [0, 0.05) is 25.1 Å². The Hall–Kier alpha value is -2.96. The third-order valence-electron chi connectivity index (χ3n) is 4.67.